The van der Waals surface area contributed by atoms with Crippen LogP contribution in [-0.2, 0) is 0 Å². The molecule has 0 amide bonds. The molecule has 0 fully saturated rings. The van der Waals surface area contributed by atoms with Gasteiger partial charge in [0.25, 0.3) is 0 Å². The molecular formula is C8H9N5O2. The average molecular weight is 207 g/mol. The molecule has 0 aromatic carbocycles. The first kappa shape index (κ1) is 9.41. The van der Waals surface area contributed by atoms with Gasteiger partial charge in [-0.3, -0.25) is 10.1 Å². The number of rotatable bonds is 1. The van der Waals surface area contributed by atoms with E-state index in [9.17, 15) is 10.1 Å². The van der Waals surface area contributed by atoms with Crippen LogP contribution < -0.4 is 16.8 Å². The Labute approximate surface area is 84.9 Å². The van der Waals surface area contributed by atoms with Crippen molar-refractivity contribution >= 4 is 5.82 Å². The number of nitrogens with zero attached hydrogens (tertiary/aromatic N) is 2. The third kappa shape index (κ3) is 1.38. The molecule has 0 saturated carbocycles. The molecule has 2 heterocycles. The van der Waals surface area contributed by atoms with E-state index in [1.807, 2.05) is 0 Å². The maximum absolute atomic E-state index is 10.7. The molecule has 1 aromatic heterocycles. The van der Waals surface area contributed by atoms with E-state index in [1.54, 1.807) is 18.3 Å². The molecule has 0 bridgehead atoms. The summed E-state index contributed by atoms with van der Waals surface area (Å²) in [5.74, 6) is 0.409. The maximum atomic E-state index is 10.7. The SMILES string of the molecule is NC1=C([N+](=O)[O-])C(N)c2cccnc2N1. The zero-order valence-corrected chi connectivity index (χ0v) is 7.68. The summed E-state index contributed by atoms with van der Waals surface area (Å²) in [6.07, 6.45) is 1.56. The van der Waals surface area contributed by atoms with Gasteiger partial charge in [0.05, 0.1) is 4.92 Å². The third-order valence-electron chi connectivity index (χ3n) is 2.19. The highest BCUT2D eigenvalue weighted by molar-refractivity contribution is 5.55. The molecule has 1 aliphatic heterocycles. The summed E-state index contributed by atoms with van der Waals surface area (Å²) in [5, 5.41) is 13.4. The van der Waals surface area contributed by atoms with Crippen molar-refractivity contribution in [2.24, 2.45) is 11.5 Å². The van der Waals surface area contributed by atoms with E-state index in [0.717, 1.165) is 0 Å². The van der Waals surface area contributed by atoms with E-state index >= 15 is 0 Å². The van der Waals surface area contributed by atoms with Gasteiger partial charge in [-0.25, -0.2) is 4.98 Å². The molecule has 0 aliphatic carbocycles. The zero-order chi connectivity index (χ0) is 11.0. The number of hydrogen-bond donors (Lipinski definition) is 3. The number of nitrogens with two attached hydrogens (primary N) is 2. The number of pyridine rings is 1. The highest BCUT2D eigenvalue weighted by Crippen LogP contribution is 2.30. The van der Waals surface area contributed by atoms with E-state index in [-0.39, 0.29) is 11.5 Å². The second-order valence-electron chi connectivity index (χ2n) is 3.10. The lowest BCUT2D eigenvalue weighted by atomic mass is 10.0. The lowest BCUT2D eigenvalue weighted by molar-refractivity contribution is -0.431. The van der Waals surface area contributed by atoms with Crippen LogP contribution in [0.3, 0.4) is 0 Å². The summed E-state index contributed by atoms with van der Waals surface area (Å²) >= 11 is 0. The van der Waals surface area contributed by atoms with Crippen molar-refractivity contribution < 1.29 is 4.92 Å². The largest absolute Gasteiger partial charge is 0.380 e. The van der Waals surface area contributed by atoms with Gasteiger partial charge in [-0.05, 0) is 6.07 Å². The number of anilines is 1. The van der Waals surface area contributed by atoms with Gasteiger partial charge in [0.2, 0.25) is 0 Å². The Morgan fingerprint density at radius 2 is 2.33 bits per heavy atom. The van der Waals surface area contributed by atoms with Gasteiger partial charge >= 0.3 is 5.70 Å². The Morgan fingerprint density at radius 3 is 3.00 bits per heavy atom. The summed E-state index contributed by atoms with van der Waals surface area (Å²) in [6, 6.07) is 2.50. The summed E-state index contributed by atoms with van der Waals surface area (Å²) in [5.41, 5.74) is 11.6. The van der Waals surface area contributed by atoms with Crippen LogP contribution in [0.25, 0.3) is 0 Å². The van der Waals surface area contributed by atoms with Gasteiger partial charge in [-0.2, -0.15) is 0 Å². The van der Waals surface area contributed by atoms with Crippen LogP contribution in [-0.4, -0.2) is 9.91 Å². The maximum Gasteiger partial charge on any atom is 0.307 e. The molecule has 1 atom stereocenters. The molecule has 7 nitrogen and oxygen atoms in total. The minimum Gasteiger partial charge on any atom is -0.380 e. The zero-order valence-electron chi connectivity index (χ0n) is 7.68. The molecule has 1 aromatic rings. The molecule has 5 N–H and O–H groups in total. The Hall–Kier alpha value is -2.15. The number of hydrogen-bond acceptors (Lipinski definition) is 6. The Morgan fingerprint density at radius 1 is 1.60 bits per heavy atom. The summed E-state index contributed by atoms with van der Waals surface area (Å²) in [6.45, 7) is 0. The van der Waals surface area contributed by atoms with Crippen molar-refractivity contribution in [2.45, 2.75) is 6.04 Å². The van der Waals surface area contributed by atoms with E-state index in [1.165, 1.54) is 0 Å². The molecule has 78 valence electrons. The van der Waals surface area contributed by atoms with Crippen molar-refractivity contribution in [1.29, 1.82) is 0 Å². The molecule has 0 radical (unpaired) electrons. The molecule has 0 spiro atoms. The number of nitro groups is 1. The first-order chi connectivity index (χ1) is 7.11. The van der Waals surface area contributed by atoms with Gasteiger partial charge in [0.15, 0.2) is 5.82 Å². The Bertz CT molecular complexity index is 456. The fourth-order valence-corrected chi connectivity index (χ4v) is 1.49. The predicted molar refractivity (Wildman–Crippen MR) is 53.0 cm³/mol. The van der Waals surface area contributed by atoms with Crippen LogP contribution in [0.4, 0.5) is 5.82 Å². The van der Waals surface area contributed by atoms with Crippen LogP contribution >= 0.6 is 0 Å². The summed E-state index contributed by atoms with van der Waals surface area (Å²) in [7, 11) is 0. The van der Waals surface area contributed by atoms with Gasteiger partial charge in [0.1, 0.15) is 11.9 Å². The predicted octanol–water partition coefficient (Wildman–Crippen LogP) is -0.0886. The fourth-order valence-electron chi connectivity index (χ4n) is 1.49. The van der Waals surface area contributed by atoms with Gasteiger partial charge in [-0.1, -0.05) is 6.07 Å². The smallest absolute Gasteiger partial charge is 0.307 e. The molecule has 2 rings (SSSR count). The number of nitrogens with one attached hydrogen (secondary N) is 1. The average Bonchev–Trinajstić information content (AvgIpc) is 2.17. The lowest BCUT2D eigenvalue weighted by Gasteiger charge is -2.20. The van der Waals surface area contributed by atoms with Crippen LogP contribution in [0.15, 0.2) is 29.8 Å². The number of aromatic nitrogens is 1. The minimum absolute atomic E-state index is 0.0568. The monoisotopic (exact) mass is 207 g/mol. The molecular weight excluding hydrogens is 198 g/mol. The van der Waals surface area contributed by atoms with E-state index in [0.29, 0.717) is 11.4 Å². The number of fused-ring (bicyclic) bond motifs is 1. The molecule has 1 aliphatic rings. The summed E-state index contributed by atoms with van der Waals surface area (Å²) in [4.78, 5) is 14.1. The lowest BCUT2D eigenvalue weighted by Crippen LogP contribution is -2.31. The topological polar surface area (TPSA) is 120 Å². The highest BCUT2D eigenvalue weighted by atomic mass is 16.6. The van der Waals surface area contributed by atoms with Crippen molar-refractivity contribution in [3.05, 3.63) is 45.5 Å². The van der Waals surface area contributed by atoms with Crippen LogP contribution in [0.1, 0.15) is 11.6 Å². The van der Waals surface area contributed by atoms with Crippen LogP contribution in [0, 0.1) is 10.1 Å². The van der Waals surface area contributed by atoms with Crippen molar-refractivity contribution in [2.75, 3.05) is 5.32 Å². The van der Waals surface area contributed by atoms with Gasteiger partial charge in [0, 0.05) is 11.8 Å². The normalized spacial score (nSPS) is 19.4. The summed E-state index contributed by atoms with van der Waals surface area (Å²) < 4.78 is 0. The highest BCUT2D eigenvalue weighted by Gasteiger charge is 2.33. The standard InChI is InChI=1S/C8H9N5O2/c9-5-4-2-1-3-11-8(4)12-7(10)6(5)13(14)15/h1-3,5H,9-10H2,(H,11,12). The third-order valence-corrected chi connectivity index (χ3v) is 2.19. The van der Waals surface area contributed by atoms with Crippen molar-refractivity contribution in [3.8, 4) is 0 Å². The molecule has 15 heavy (non-hydrogen) atoms. The Kier molecular flexibility index (Phi) is 2.01. The Balaban J connectivity index is 2.53. The molecule has 1 unspecified atom stereocenters. The van der Waals surface area contributed by atoms with E-state index < -0.39 is 11.0 Å². The molecule has 0 saturated heterocycles. The molecule has 7 heteroatoms. The second-order valence-corrected chi connectivity index (χ2v) is 3.10. The first-order valence-electron chi connectivity index (χ1n) is 4.23. The van der Waals surface area contributed by atoms with Crippen molar-refractivity contribution in [3.63, 3.8) is 0 Å². The van der Waals surface area contributed by atoms with E-state index in [2.05, 4.69) is 10.3 Å². The van der Waals surface area contributed by atoms with Gasteiger partial charge in [-0.15, -0.1) is 0 Å². The van der Waals surface area contributed by atoms with E-state index in [4.69, 9.17) is 11.5 Å². The first-order valence-corrected chi connectivity index (χ1v) is 4.23. The second kappa shape index (κ2) is 3.21. The quantitative estimate of drug-likeness (QED) is 0.437. The van der Waals surface area contributed by atoms with Gasteiger partial charge < -0.3 is 16.8 Å². The van der Waals surface area contributed by atoms with Crippen molar-refractivity contribution in [1.82, 2.24) is 4.98 Å². The minimum atomic E-state index is -0.843. The fraction of sp³-hybridized carbons (Fsp3) is 0.125. The van der Waals surface area contributed by atoms with Crippen LogP contribution in [0.5, 0.6) is 0 Å². The van der Waals surface area contributed by atoms with Crippen LogP contribution in [0.2, 0.25) is 0 Å².